The average molecular weight is 224 g/mol. The highest BCUT2D eigenvalue weighted by molar-refractivity contribution is 6.30. The van der Waals surface area contributed by atoms with Crippen molar-refractivity contribution in [1.29, 1.82) is 0 Å². The molecule has 2 aromatic heterocycles. The van der Waals surface area contributed by atoms with Gasteiger partial charge in [-0.25, -0.2) is 4.98 Å². The SMILES string of the molecule is CC(C)Cc1nc2ccc(Cl)cn2c1N. The molecule has 80 valence electrons. The largest absolute Gasteiger partial charge is 0.383 e. The zero-order valence-corrected chi connectivity index (χ0v) is 9.62. The van der Waals surface area contributed by atoms with Gasteiger partial charge in [-0.3, -0.25) is 4.40 Å². The van der Waals surface area contributed by atoms with Crippen LogP contribution in [0.15, 0.2) is 18.3 Å². The van der Waals surface area contributed by atoms with Crippen LogP contribution >= 0.6 is 11.6 Å². The number of anilines is 1. The van der Waals surface area contributed by atoms with Gasteiger partial charge in [0.15, 0.2) is 0 Å². The van der Waals surface area contributed by atoms with Crippen LogP contribution in [0.2, 0.25) is 5.02 Å². The van der Waals surface area contributed by atoms with Gasteiger partial charge in [0.2, 0.25) is 0 Å². The first-order chi connectivity index (χ1) is 7.08. The molecule has 0 spiro atoms. The van der Waals surface area contributed by atoms with Crippen LogP contribution < -0.4 is 5.73 Å². The Kier molecular flexibility index (Phi) is 2.57. The highest BCUT2D eigenvalue weighted by Gasteiger charge is 2.10. The second-order valence-corrected chi connectivity index (χ2v) is 4.55. The molecule has 3 nitrogen and oxygen atoms in total. The number of halogens is 1. The van der Waals surface area contributed by atoms with Crippen molar-refractivity contribution in [2.24, 2.45) is 5.92 Å². The van der Waals surface area contributed by atoms with E-state index in [0.717, 1.165) is 17.8 Å². The van der Waals surface area contributed by atoms with Crippen molar-refractivity contribution in [3.63, 3.8) is 0 Å². The summed E-state index contributed by atoms with van der Waals surface area (Å²) in [5.74, 6) is 1.24. The molecule has 2 rings (SSSR count). The van der Waals surface area contributed by atoms with Crippen molar-refractivity contribution in [2.75, 3.05) is 5.73 Å². The maximum Gasteiger partial charge on any atom is 0.138 e. The van der Waals surface area contributed by atoms with Crippen molar-refractivity contribution in [1.82, 2.24) is 9.38 Å². The number of nitrogens with two attached hydrogens (primary N) is 1. The highest BCUT2D eigenvalue weighted by atomic mass is 35.5. The van der Waals surface area contributed by atoms with Gasteiger partial charge in [0.25, 0.3) is 0 Å². The number of fused-ring (bicyclic) bond motifs is 1. The number of nitrogen functional groups attached to an aromatic ring is 1. The minimum Gasteiger partial charge on any atom is -0.383 e. The molecule has 0 unspecified atom stereocenters. The van der Waals surface area contributed by atoms with Crippen molar-refractivity contribution in [2.45, 2.75) is 20.3 Å². The maximum atomic E-state index is 6.00. The van der Waals surface area contributed by atoms with E-state index >= 15 is 0 Å². The van der Waals surface area contributed by atoms with E-state index in [1.807, 2.05) is 16.5 Å². The van der Waals surface area contributed by atoms with Gasteiger partial charge in [0, 0.05) is 6.20 Å². The van der Waals surface area contributed by atoms with E-state index in [-0.39, 0.29) is 0 Å². The van der Waals surface area contributed by atoms with E-state index in [1.165, 1.54) is 0 Å². The molecular formula is C11H14ClN3. The zero-order valence-electron chi connectivity index (χ0n) is 8.87. The Hall–Kier alpha value is -1.22. The molecule has 4 heteroatoms. The quantitative estimate of drug-likeness (QED) is 0.851. The van der Waals surface area contributed by atoms with Crippen LogP contribution in [0.1, 0.15) is 19.5 Å². The maximum absolute atomic E-state index is 6.00. The topological polar surface area (TPSA) is 43.3 Å². The molecule has 0 atom stereocenters. The summed E-state index contributed by atoms with van der Waals surface area (Å²) in [7, 11) is 0. The molecule has 0 radical (unpaired) electrons. The second kappa shape index (κ2) is 3.74. The normalized spacial score (nSPS) is 11.5. The van der Waals surface area contributed by atoms with Crippen LogP contribution in [0.4, 0.5) is 5.82 Å². The van der Waals surface area contributed by atoms with Crippen LogP contribution in [-0.4, -0.2) is 9.38 Å². The fourth-order valence-electron chi connectivity index (χ4n) is 1.62. The summed E-state index contributed by atoms with van der Waals surface area (Å²) in [6.45, 7) is 4.30. The summed E-state index contributed by atoms with van der Waals surface area (Å²) in [6.07, 6.45) is 2.69. The van der Waals surface area contributed by atoms with E-state index in [2.05, 4.69) is 18.8 Å². The summed E-state index contributed by atoms with van der Waals surface area (Å²) in [5.41, 5.74) is 7.80. The minimum absolute atomic E-state index is 0.549. The average Bonchev–Trinajstić information content (AvgIpc) is 2.44. The first-order valence-corrected chi connectivity index (χ1v) is 5.37. The lowest BCUT2D eigenvalue weighted by Gasteiger charge is -2.01. The van der Waals surface area contributed by atoms with Crippen LogP contribution in [-0.2, 0) is 6.42 Å². The summed E-state index contributed by atoms with van der Waals surface area (Å²) in [4.78, 5) is 4.47. The minimum atomic E-state index is 0.549. The zero-order chi connectivity index (χ0) is 11.0. The van der Waals surface area contributed by atoms with Crippen LogP contribution in [0, 0.1) is 5.92 Å². The molecule has 0 aliphatic heterocycles. The van der Waals surface area contributed by atoms with E-state index in [1.54, 1.807) is 6.20 Å². The molecule has 2 heterocycles. The first kappa shape index (κ1) is 10.3. The lowest BCUT2D eigenvalue weighted by Crippen LogP contribution is -2.00. The monoisotopic (exact) mass is 223 g/mol. The number of imidazole rings is 1. The first-order valence-electron chi connectivity index (χ1n) is 5.00. The van der Waals surface area contributed by atoms with Gasteiger partial charge in [0.1, 0.15) is 11.5 Å². The molecule has 0 amide bonds. The number of aromatic nitrogens is 2. The van der Waals surface area contributed by atoms with Gasteiger partial charge >= 0.3 is 0 Å². The lowest BCUT2D eigenvalue weighted by molar-refractivity contribution is 0.639. The predicted molar refractivity (Wildman–Crippen MR) is 63.2 cm³/mol. The van der Waals surface area contributed by atoms with Crippen LogP contribution in [0.3, 0.4) is 0 Å². The Bertz CT molecular complexity index is 488. The molecule has 0 saturated carbocycles. The van der Waals surface area contributed by atoms with Crippen molar-refractivity contribution < 1.29 is 0 Å². The van der Waals surface area contributed by atoms with E-state index in [0.29, 0.717) is 16.8 Å². The molecule has 0 aliphatic carbocycles. The van der Waals surface area contributed by atoms with Gasteiger partial charge in [-0.05, 0) is 24.5 Å². The highest BCUT2D eigenvalue weighted by Crippen LogP contribution is 2.20. The van der Waals surface area contributed by atoms with Crippen molar-refractivity contribution in [3.8, 4) is 0 Å². The van der Waals surface area contributed by atoms with Gasteiger partial charge in [-0.2, -0.15) is 0 Å². The predicted octanol–water partition coefficient (Wildman–Crippen LogP) is 2.77. The molecular weight excluding hydrogens is 210 g/mol. The Balaban J connectivity index is 2.54. The molecule has 0 aliphatic rings. The molecule has 2 aromatic rings. The van der Waals surface area contributed by atoms with Crippen LogP contribution in [0.25, 0.3) is 5.65 Å². The number of nitrogens with zero attached hydrogens (tertiary/aromatic N) is 2. The smallest absolute Gasteiger partial charge is 0.138 e. The van der Waals surface area contributed by atoms with E-state index in [4.69, 9.17) is 17.3 Å². The number of rotatable bonds is 2. The standard InChI is InChI=1S/C11H14ClN3/c1-7(2)5-9-11(13)15-6-8(12)3-4-10(15)14-9/h3-4,6-7H,5,13H2,1-2H3. The fourth-order valence-corrected chi connectivity index (χ4v) is 1.78. The summed E-state index contributed by atoms with van der Waals surface area (Å²) in [6, 6.07) is 3.70. The van der Waals surface area contributed by atoms with Gasteiger partial charge < -0.3 is 5.73 Å². The Morgan fingerprint density at radius 2 is 2.20 bits per heavy atom. The third kappa shape index (κ3) is 1.92. The third-order valence-electron chi connectivity index (χ3n) is 2.30. The van der Waals surface area contributed by atoms with E-state index < -0.39 is 0 Å². The van der Waals surface area contributed by atoms with Crippen LogP contribution in [0.5, 0.6) is 0 Å². The number of hydrogen-bond donors (Lipinski definition) is 1. The summed E-state index contributed by atoms with van der Waals surface area (Å²) in [5, 5.41) is 0.669. The fraction of sp³-hybridized carbons (Fsp3) is 0.364. The molecule has 2 N–H and O–H groups in total. The Labute approximate surface area is 93.9 Å². The number of hydrogen-bond acceptors (Lipinski definition) is 2. The van der Waals surface area contributed by atoms with Gasteiger partial charge in [-0.1, -0.05) is 25.4 Å². The number of pyridine rings is 1. The molecule has 0 aromatic carbocycles. The van der Waals surface area contributed by atoms with Gasteiger partial charge in [0.05, 0.1) is 10.7 Å². The Morgan fingerprint density at radius 1 is 1.47 bits per heavy atom. The van der Waals surface area contributed by atoms with E-state index in [9.17, 15) is 0 Å². The van der Waals surface area contributed by atoms with Crippen molar-refractivity contribution >= 4 is 23.1 Å². The summed E-state index contributed by atoms with van der Waals surface area (Å²) < 4.78 is 1.83. The molecule has 0 bridgehead atoms. The lowest BCUT2D eigenvalue weighted by atomic mass is 10.1. The van der Waals surface area contributed by atoms with Crippen molar-refractivity contribution in [3.05, 3.63) is 29.0 Å². The Morgan fingerprint density at radius 3 is 2.87 bits per heavy atom. The third-order valence-corrected chi connectivity index (χ3v) is 2.52. The molecule has 0 fully saturated rings. The summed E-state index contributed by atoms with van der Waals surface area (Å²) >= 11 is 5.90. The second-order valence-electron chi connectivity index (χ2n) is 4.12. The van der Waals surface area contributed by atoms with Gasteiger partial charge in [-0.15, -0.1) is 0 Å². The molecule has 15 heavy (non-hydrogen) atoms. The molecule has 0 saturated heterocycles.